The van der Waals surface area contributed by atoms with Crippen LogP contribution in [-0.2, 0) is 9.09 Å². The minimum Gasteiger partial charge on any atom is -1.00 e. The van der Waals surface area contributed by atoms with Gasteiger partial charge in [0.05, 0.1) is 0 Å². The van der Waals surface area contributed by atoms with Crippen molar-refractivity contribution in [3.8, 4) is 0 Å². The van der Waals surface area contributed by atoms with Gasteiger partial charge in [-0.15, -0.1) is 4.52 Å². The quantitative estimate of drug-likeness (QED) is 0.323. The summed E-state index contributed by atoms with van der Waals surface area (Å²) >= 11 is 0. The van der Waals surface area contributed by atoms with Crippen LogP contribution in [0.1, 0.15) is 28.1 Å². The molecule has 0 amide bonds. The zero-order valence-corrected chi connectivity index (χ0v) is 9.99. The molecule has 0 fully saturated rings. The van der Waals surface area contributed by atoms with Gasteiger partial charge >= 0.3 is 37.6 Å². The summed E-state index contributed by atoms with van der Waals surface area (Å²) in [6, 6.07) is 0. The molecule has 4 heteroatoms. The Labute approximate surface area is 87.4 Å². The van der Waals surface area contributed by atoms with Crippen LogP contribution in [0.2, 0.25) is 0 Å². The molecule has 0 heterocycles. The van der Waals surface area contributed by atoms with Crippen LogP contribution in [-0.4, -0.2) is 12.8 Å². The van der Waals surface area contributed by atoms with Crippen molar-refractivity contribution in [2.45, 2.75) is 26.7 Å². The molecule has 0 aromatic heterocycles. The standard InChI is InChI=1S/C6H14O2P.Na.H/c1-3-5-6-8-9(7)4-2;;/h3-6H2,1-2H3;;/q2*+1;-1. The van der Waals surface area contributed by atoms with Crippen LogP contribution in [0.4, 0.5) is 0 Å². The van der Waals surface area contributed by atoms with E-state index in [-0.39, 0.29) is 31.0 Å². The number of rotatable bonds is 5. The van der Waals surface area contributed by atoms with Gasteiger partial charge in [-0.2, -0.15) is 0 Å². The minimum atomic E-state index is -1.34. The van der Waals surface area contributed by atoms with E-state index in [2.05, 4.69) is 6.92 Å². The molecular formula is C6H15NaO2P+. The normalized spacial score (nSPS) is 10.4. The third kappa shape index (κ3) is 9.06. The molecule has 0 aliphatic carbocycles. The summed E-state index contributed by atoms with van der Waals surface area (Å²) in [5, 5.41) is 0. The third-order valence-corrected chi connectivity index (χ3v) is 1.98. The zero-order chi connectivity index (χ0) is 7.11. The van der Waals surface area contributed by atoms with Crippen molar-refractivity contribution < 1.29 is 40.1 Å². The van der Waals surface area contributed by atoms with Crippen LogP contribution in [0.3, 0.4) is 0 Å². The van der Waals surface area contributed by atoms with Gasteiger partial charge in [-0.25, -0.2) is 0 Å². The van der Waals surface area contributed by atoms with Crippen molar-refractivity contribution in [3.05, 3.63) is 0 Å². The molecule has 0 aromatic rings. The molecule has 0 radical (unpaired) electrons. The molecule has 0 rings (SSSR count). The molecule has 0 aliphatic rings. The third-order valence-electron chi connectivity index (χ3n) is 0.991. The Kier molecular flexibility index (Phi) is 13.7. The molecular weight excluding hydrogens is 158 g/mol. The predicted molar refractivity (Wildman–Crippen MR) is 40.1 cm³/mol. The summed E-state index contributed by atoms with van der Waals surface area (Å²) < 4.78 is 15.6. The van der Waals surface area contributed by atoms with Crippen molar-refractivity contribution in [1.82, 2.24) is 0 Å². The van der Waals surface area contributed by atoms with Gasteiger partial charge in [-0.1, -0.05) is 13.3 Å². The first-order valence-corrected chi connectivity index (χ1v) is 4.75. The minimum absolute atomic E-state index is 0. The van der Waals surface area contributed by atoms with Crippen LogP contribution in [0.5, 0.6) is 0 Å². The second-order valence-electron chi connectivity index (χ2n) is 1.84. The Morgan fingerprint density at radius 2 is 2.10 bits per heavy atom. The van der Waals surface area contributed by atoms with E-state index < -0.39 is 8.03 Å². The summed E-state index contributed by atoms with van der Waals surface area (Å²) in [6.45, 7) is 4.60. The Morgan fingerprint density at radius 1 is 1.50 bits per heavy atom. The van der Waals surface area contributed by atoms with Crippen LogP contribution in [0, 0.1) is 0 Å². The van der Waals surface area contributed by atoms with Crippen molar-refractivity contribution in [3.63, 3.8) is 0 Å². The summed E-state index contributed by atoms with van der Waals surface area (Å²) in [4.78, 5) is 0. The molecule has 0 aliphatic heterocycles. The van der Waals surface area contributed by atoms with Gasteiger partial charge in [-0.3, -0.25) is 0 Å². The van der Waals surface area contributed by atoms with Gasteiger partial charge in [0, 0.05) is 0 Å². The SMILES string of the molecule is CCCCO[P+](=O)CC.[H-].[Na+]. The van der Waals surface area contributed by atoms with E-state index in [0.717, 1.165) is 12.8 Å². The summed E-state index contributed by atoms with van der Waals surface area (Å²) in [5.74, 6) is 0. The molecule has 56 valence electrons. The molecule has 1 unspecified atom stereocenters. The maximum Gasteiger partial charge on any atom is 1.00 e. The van der Waals surface area contributed by atoms with E-state index in [9.17, 15) is 4.57 Å². The molecule has 0 saturated carbocycles. The maximum atomic E-state index is 10.6. The van der Waals surface area contributed by atoms with Crippen LogP contribution >= 0.6 is 8.03 Å². The van der Waals surface area contributed by atoms with E-state index in [1.165, 1.54) is 0 Å². The average Bonchev–Trinajstić information content (AvgIpc) is 1.89. The zero-order valence-electron chi connectivity index (χ0n) is 8.09. The monoisotopic (exact) mass is 173 g/mol. The van der Waals surface area contributed by atoms with Crippen molar-refractivity contribution in [1.29, 1.82) is 0 Å². The Balaban J connectivity index is -0.000000320. The molecule has 2 nitrogen and oxygen atoms in total. The molecule has 0 saturated heterocycles. The molecule has 0 aromatic carbocycles. The van der Waals surface area contributed by atoms with Gasteiger partial charge in [-0.05, 0) is 17.9 Å². The van der Waals surface area contributed by atoms with Gasteiger partial charge < -0.3 is 1.43 Å². The Morgan fingerprint density at radius 3 is 2.50 bits per heavy atom. The van der Waals surface area contributed by atoms with Gasteiger partial charge in [0.2, 0.25) is 0 Å². The predicted octanol–water partition coefficient (Wildman–Crippen LogP) is -0.318. The molecule has 10 heavy (non-hydrogen) atoms. The van der Waals surface area contributed by atoms with Gasteiger partial charge in [0.15, 0.2) is 6.16 Å². The Bertz CT molecular complexity index is 92.7. The fourth-order valence-corrected chi connectivity index (χ4v) is 0.917. The van der Waals surface area contributed by atoms with Gasteiger partial charge in [0.1, 0.15) is 6.61 Å². The maximum absolute atomic E-state index is 10.6. The van der Waals surface area contributed by atoms with E-state index in [1.54, 1.807) is 0 Å². The molecule has 0 spiro atoms. The average molecular weight is 173 g/mol. The van der Waals surface area contributed by atoms with E-state index in [1.807, 2.05) is 6.92 Å². The van der Waals surface area contributed by atoms with E-state index >= 15 is 0 Å². The fraction of sp³-hybridized carbons (Fsp3) is 1.00. The van der Waals surface area contributed by atoms with Crippen molar-refractivity contribution >= 4 is 8.03 Å². The van der Waals surface area contributed by atoms with Crippen molar-refractivity contribution in [2.24, 2.45) is 0 Å². The molecule has 0 N–H and O–H groups in total. The van der Waals surface area contributed by atoms with Crippen molar-refractivity contribution in [2.75, 3.05) is 12.8 Å². The topological polar surface area (TPSA) is 26.3 Å². The number of unbranched alkanes of at least 4 members (excludes halogenated alkanes) is 1. The van der Waals surface area contributed by atoms with E-state index in [4.69, 9.17) is 4.52 Å². The summed E-state index contributed by atoms with van der Waals surface area (Å²) in [5.41, 5.74) is 0. The molecule has 0 bridgehead atoms. The number of hydrogen-bond acceptors (Lipinski definition) is 2. The van der Waals surface area contributed by atoms with Gasteiger partial charge in [0.25, 0.3) is 0 Å². The number of hydrogen-bond donors (Lipinski definition) is 0. The second-order valence-corrected chi connectivity index (χ2v) is 3.39. The van der Waals surface area contributed by atoms with Crippen LogP contribution in [0.25, 0.3) is 0 Å². The molecule has 1 atom stereocenters. The largest absolute Gasteiger partial charge is 1.00 e. The summed E-state index contributed by atoms with van der Waals surface area (Å²) in [7, 11) is -1.34. The first kappa shape index (κ1) is 13.6. The fourth-order valence-electron chi connectivity index (χ4n) is 0.402. The summed E-state index contributed by atoms with van der Waals surface area (Å²) in [6.07, 6.45) is 2.76. The van der Waals surface area contributed by atoms with Crippen LogP contribution < -0.4 is 29.6 Å². The first-order chi connectivity index (χ1) is 4.31. The second kappa shape index (κ2) is 10.1. The smallest absolute Gasteiger partial charge is 1.00 e. The Hall–Kier alpha value is 1.06. The first-order valence-electron chi connectivity index (χ1n) is 3.38. The van der Waals surface area contributed by atoms with Crippen LogP contribution in [0.15, 0.2) is 0 Å². The van der Waals surface area contributed by atoms with E-state index in [0.29, 0.717) is 12.8 Å².